The van der Waals surface area contributed by atoms with Crippen molar-refractivity contribution in [3.05, 3.63) is 11.4 Å². The number of hydrogen-bond donors (Lipinski definition) is 1. The molecule has 1 aliphatic heterocycles. The maximum Gasteiger partial charge on any atom is 0.276 e. The van der Waals surface area contributed by atoms with E-state index in [1.807, 2.05) is 30.5 Å². The minimum atomic E-state index is -0.0149. The Bertz CT molecular complexity index is 655. The van der Waals surface area contributed by atoms with Crippen LogP contribution in [0.3, 0.4) is 0 Å². The first-order valence-corrected chi connectivity index (χ1v) is 10.5. The second-order valence-corrected chi connectivity index (χ2v) is 8.00. The van der Waals surface area contributed by atoms with Crippen LogP contribution in [0.5, 0.6) is 0 Å². The number of rotatable bonds is 7. The van der Waals surface area contributed by atoms with Gasteiger partial charge in [0.15, 0.2) is 5.69 Å². The zero-order valence-corrected chi connectivity index (χ0v) is 18.7. The van der Waals surface area contributed by atoms with Crippen LogP contribution < -0.4 is 5.32 Å². The number of amides is 1. The molecule has 1 aliphatic carbocycles. The van der Waals surface area contributed by atoms with Gasteiger partial charge in [0.05, 0.1) is 17.8 Å². The molecule has 7 nitrogen and oxygen atoms in total. The fourth-order valence-electron chi connectivity index (χ4n) is 5.13. The molecular formula is C20H36ClN5O2. The highest BCUT2D eigenvalue weighted by molar-refractivity contribution is 5.93. The normalized spacial score (nSPS) is 24.3. The van der Waals surface area contributed by atoms with E-state index in [0.29, 0.717) is 11.7 Å². The molecule has 2 fully saturated rings. The summed E-state index contributed by atoms with van der Waals surface area (Å²) in [5.74, 6) is -0.0149. The van der Waals surface area contributed by atoms with Gasteiger partial charge in [0.2, 0.25) is 0 Å². The van der Waals surface area contributed by atoms with Crippen LogP contribution in [0.4, 0.5) is 0 Å². The van der Waals surface area contributed by atoms with Gasteiger partial charge in [0, 0.05) is 25.1 Å². The summed E-state index contributed by atoms with van der Waals surface area (Å²) < 4.78 is 7.93. The first kappa shape index (κ1) is 23.1. The van der Waals surface area contributed by atoms with E-state index in [0.717, 1.165) is 57.5 Å². The third kappa shape index (κ3) is 3.81. The lowest BCUT2D eigenvalue weighted by Gasteiger charge is -2.58. The second-order valence-electron chi connectivity index (χ2n) is 8.00. The quantitative estimate of drug-likeness (QED) is 0.743. The number of aromatic nitrogens is 3. The van der Waals surface area contributed by atoms with E-state index in [-0.39, 0.29) is 35.9 Å². The molecule has 0 radical (unpaired) electrons. The Kier molecular flexibility index (Phi) is 7.88. The van der Waals surface area contributed by atoms with Crippen molar-refractivity contribution in [1.29, 1.82) is 0 Å². The number of carbonyl (C=O) groups excluding carboxylic acids is 1. The van der Waals surface area contributed by atoms with Gasteiger partial charge < -0.3 is 15.0 Å². The molecule has 0 bridgehead atoms. The topological polar surface area (TPSA) is 72.3 Å². The Morgan fingerprint density at radius 2 is 1.93 bits per heavy atom. The van der Waals surface area contributed by atoms with Crippen LogP contribution in [0.2, 0.25) is 0 Å². The van der Waals surface area contributed by atoms with Crippen LogP contribution in [0, 0.1) is 12.3 Å². The highest BCUT2D eigenvalue weighted by Crippen LogP contribution is 2.51. The van der Waals surface area contributed by atoms with Crippen molar-refractivity contribution < 1.29 is 9.53 Å². The summed E-state index contributed by atoms with van der Waals surface area (Å²) in [6, 6.07) is 0.530. The molecular weight excluding hydrogens is 378 g/mol. The van der Waals surface area contributed by atoms with Gasteiger partial charge in [-0.1, -0.05) is 19.1 Å². The molecule has 2 atom stereocenters. The van der Waals surface area contributed by atoms with Crippen molar-refractivity contribution in [2.24, 2.45) is 5.41 Å². The van der Waals surface area contributed by atoms with Crippen LogP contribution in [0.1, 0.15) is 75.1 Å². The predicted molar refractivity (Wildman–Crippen MR) is 112 cm³/mol. The fourth-order valence-corrected chi connectivity index (χ4v) is 5.13. The van der Waals surface area contributed by atoms with Gasteiger partial charge in [-0.25, -0.2) is 4.68 Å². The Hall–Kier alpha value is -1.18. The zero-order valence-electron chi connectivity index (χ0n) is 17.9. The van der Waals surface area contributed by atoms with Gasteiger partial charge in [-0.2, -0.15) is 0 Å². The largest absolute Gasteiger partial charge is 0.378 e. The molecule has 2 heterocycles. The molecule has 3 rings (SSSR count). The second kappa shape index (κ2) is 9.55. The minimum Gasteiger partial charge on any atom is -0.378 e. The minimum absolute atomic E-state index is 0. The van der Waals surface area contributed by atoms with E-state index in [9.17, 15) is 4.79 Å². The average Bonchev–Trinajstić information content (AvgIpc) is 3.07. The molecule has 8 heteroatoms. The summed E-state index contributed by atoms with van der Waals surface area (Å²) in [6.45, 7) is 11.1. The molecule has 1 saturated carbocycles. The van der Waals surface area contributed by atoms with Gasteiger partial charge in [-0.15, -0.1) is 17.5 Å². The van der Waals surface area contributed by atoms with E-state index in [4.69, 9.17) is 4.74 Å². The third-order valence-corrected chi connectivity index (χ3v) is 7.00. The molecule has 1 aromatic heterocycles. The average molecular weight is 414 g/mol. The Labute approximate surface area is 175 Å². The van der Waals surface area contributed by atoms with Crippen molar-refractivity contribution in [2.75, 3.05) is 26.7 Å². The number of piperidine rings is 1. The smallest absolute Gasteiger partial charge is 0.276 e. The number of halogens is 1. The molecule has 2 unspecified atom stereocenters. The molecule has 160 valence electrons. The van der Waals surface area contributed by atoms with E-state index in [1.165, 1.54) is 0 Å². The first-order chi connectivity index (χ1) is 13.0. The molecule has 1 saturated heterocycles. The van der Waals surface area contributed by atoms with Gasteiger partial charge in [-0.3, -0.25) is 4.79 Å². The molecule has 0 spiro atoms. The Morgan fingerprint density at radius 1 is 1.29 bits per heavy atom. The summed E-state index contributed by atoms with van der Waals surface area (Å²) in [6.07, 6.45) is 5.22. The van der Waals surface area contributed by atoms with Crippen molar-refractivity contribution in [2.45, 2.75) is 78.0 Å². The predicted octanol–water partition coefficient (Wildman–Crippen LogP) is 2.99. The van der Waals surface area contributed by atoms with Crippen LogP contribution in [0.15, 0.2) is 0 Å². The molecule has 1 aromatic rings. The third-order valence-electron chi connectivity index (χ3n) is 7.00. The van der Waals surface area contributed by atoms with Crippen molar-refractivity contribution in [3.63, 3.8) is 0 Å². The molecule has 1 N–H and O–H groups in total. The highest BCUT2D eigenvalue weighted by Gasteiger charge is 2.56. The maximum atomic E-state index is 13.2. The van der Waals surface area contributed by atoms with Crippen molar-refractivity contribution in [3.8, 4) is 0 Å². The van der Waals surface area contributed by atoms with Gasteiger partial charge in [0.1, 0.15) is 0 Å². The Morgan fingerprint density at radius 3 is 2.50 bits per heavy atom. The zero-order chi connectivity index (χ0) is 19.6. The SMILES string of the molecule is CCOC1CC(N(C)C(=O)c2nnn(C3CCNCC3)c2C)C1(CC)CC.Cl. The number of carbonyl (C=O) groups is 1. The molecule has 0 aromatic carbocycles. The van der Waals surface area contributed by atoms with E-state index in [1.54, 1.807) is 0 Å². The maximum absolute atomic E-state index is 13.2. The van der Waals surface area contributed by atoms with E-state index >= 15 is 0 Å². The van der Waals surface area contributed by atoms with Crippen LogP contribution in [-0.4, -0.2) is 64.7 Å². The lowest BCUT2D eigenvalue weighted by Crippen LogP contribution is -2.64. The van der Waals surface area contributed by atoms with Crippen LogP contribution >= 0.6 is 12.4 Å². The summed E-state index contributed by atoms with van der Waals surface area (Å²) in [4.78, 5) is 15.1. The molecule has 28 heavy (non-hydrogen) atoms. The summed E-state index contributed by atoms with van der Waals surface area (Å²) in [5, 5.41) is 12.0. The number of ether oxygens (including phenoxy) is 1. The van der Waals surface area contributed by atoms with Crippen LogP contribution in [-0.2, 0) is 4.74 Å². The molecule has 1 amide bonds. The Balaban J connectivity index is 0.00000280. The number of nitrogens with one attached hydrogen (secondary N) is 1. The summed E-state index contributed by atoms with van der Waals surface area (Å²) in [7, 11) is 1.91. The van der Waals surface area contributed by atoms with Crippen LogP contribution in [0.25, 0.3) is 0 Å². The summed E-state index contributed by atoms with van der Waals surface area (Å²) >= 11 is 0. The number of nitrogens with zero attached hydrogens (tertiary/aromatic N) is 4. The fraction of sp³-hybridized carbons (Fsp3) is 0.850. The monoisotopic (exact) mass is 413 g/mol. The number of hydrogen-bond acceptors (Lipinski definition) is 5. The van der Waals surface area contributed by atoms with E-state index < -0.39 is 0 Å². The van der Waals surface area contributed by atoms with Crippen molar-refractivity contribution in [1.82, 2.24) is 25.2 Å². The first-order valence-electron chi connectivity index (χ1n) is 10.5. The summed E-state index contributed by atoms with van der Waals surface area (Å²) in [5.41, 5.74) is 1.43. The van der Waals surface area contributed by atoms with E-state index in [2.05, 4.69) is 29.5 Å². The van der Waals surface area contributed by atoms with Gasteiger partial charge in [-0.05, 0) is 59.0 Å². The van der Waals surface area contributed by atoms with Gasteiger partial charge in [0.25, 0.3) is 5.91 Å². The molecule has 2 aliphatic rings. The lowest BCUT2D eigenvalue weighted by molar-refractivity contribution is -0.159. The lowest BCUT2D eigenvalue weighted by atomic mass is 9.58. The highest BCUT2D eigenvalue weighted by atomic mass is 35.5. The van der Waals surface area contributed by atoms with Crippen molar-refractivity contribution >= 4 is 18.3 Å². The standard InChI is InChI=1S/C20H35N5O2.ClH/c1-6-20(7-2)16(13-17(20)27-8-3)24(5)19(26)18-14(4)25(23-22-18)15-9-11-21-12-10-15;/h15-17,21H,6-13H2,1-5H3;1H. The van der Waals surface area contributed by atoms with Gasteiger partial charge >= 0.3 is 0 Å².